The lowest BCUT2D eigenvalue weighted by molar-refractivity contribution is 0.210. The van der Waals surface area contributed by atoms with Crippen LogP contribution in [0.4, 0.5) is 4.79 Å². The summed E-state index contributed by atoms with van der Waals surface area (Å²) in [7, 11) is 0. The maximum atomic E-state index is 10.9. The molecule has 0 aliphatic heterocycles. The molecule has 0 saturated heterocycles. The zero-order valence-electron chi connectivity index (χ0n) is 18.2. The Labute approximate surface area is 173 Å². The fourth-order valence-corrected chi connectivity index (χ4v) is 3.78. The molecule has 160 valence electrons. The number of benzene rings is 1. The molecule has 3 nitrogen and oxygen atoms in total. The second-order valence-corrected chi connectivity index (χ2v) is 8.08. The summed E-state index contributed by atoms with van der Waals surface area (Å²) in [4.78, 5) is 10.9. The van der Waals surface area contributed by atoms with Crippen molar-refractivity contribution < 1.29 is 9.53 Å². The van der Waals surface area contributed by atoms with Crippen LogP contribution in [0.3, 0.4) is 0 Å². The summed E-state index contributed by atoms with van der Waals surface area (Å²) in [5.41, 5.74) is 6.20. The maximum absolute atomic E-state index is 10.9. The summed E-state index contributed by atoms with van der Waals surface area (Å²) in [6, 6.07) is 7.68. The van der Waals surface area contributed by atoms with Crippen molar-refractivity contribution in [3.8, 4) is 5.75 Å². The van der Waals surface area contributed by atoms with E-state index in [1.54, 1.807) is 0 Å². The molecule has 0 fully saturated rings. The molecule has 1 aromatic carbocycles. The van der Waals surface area contributed by atoms with Crippen LogP contribution in [0.15, 0.2) is 24.3 Å². The Balaban J connectivity index is 1.88. The van der Waals surface area contributed by atoms with Gasteiger partial charge in [0, 0.05) is 0 Å². The van der Waals surface area contributed by atoms with Crippen LogP contribution < -0.4 is 10.5 Å². The molecule has 1 aromatic rings. The number of amides is 1. The molecule has 0 radical (unpaired) electrons. The lowest BCUT2D eigenvalue weighted by atomic mass is 10.0. The third-order valence-electron chi connectivity index (χ3n) is 5.48. The van der Waals surface area contributed by atoms with E-state index >= 15 is 0 Å². The van der Waals surface area contributed by atoms with Crippen LogP contribution in [0.25, 0.3) is 0 Å². The fraction of sp³-hybridized carbons (Fsp3) is 0.720. The summed E-state index contributed by atoms with van der Waals surface area (Å²) >= 11 is 0. The van der Waals surface area contributed by atoms with Crippen LogP contribution in [-0.4, -0.2) is 6.09 Å². The second kappa shape index (κ2) is 17.6. The maximum Gasteiger partial charge on any atom is 0.409 e. The monoisotopic (exact) mass is 389 g/mol. The molecule has 1 rings (SSSR count). The number of rotatable bonds is 18. The van der Waals surface area contributed by atoms with Crippen molar-refractivity contribution in [2.24, 2.45) is 5.73 Å². The zero-order chi connectivity index (χ0) is 20.3. The van der Waals surface area contributed by atoms with Crippen LogP contribution in [0, 0.1) is 0 Å². The summed E-state index contributed by atoms with van der Waals surface area (Å²) < 4.78 is 5.06. The van der Waals surface area contributed by atoms with E-state index in [2.05, 4.69) is 6.92 Å². The number of carbonyl (C=O) groups excluding carboxylic acids is 1. The van der Waals surface area contributed by atoms with Crippen molar-refractivity contribution in [3.63, 3.8) is 0 Å². The Hall–Kier alpha value is -1.51. The van der Waals surface area contributed by atoms with Gasteiger partial charge >= 0.3 is 6.09 Å². The molecule has 0 atom stereocenters. The first-order valence-corrected chi connectivity index (χ1v) is 11.8. The minimum Gasteiger partial charge on any atom is -0.410 e. The number of unbranched alkanes of at least 4 members (excludes halogenated alkanes) is 15. The predicted molar refractivity (Wildman–Crippen MR) is 120 cm³/mol. The van der Waals surface area contributed by atoms with Crippen molar-refractivity contribution in [3.05, 3.63) is 29.8 Å². The summed E-state index contributed by atoms with van der Waals surface area (Å²) in [6.45, 7) is 2.28. The van der Waals surface area contributed by atoms with E-state index in [1.807, 2.05) is 24.3 Å². The van der Waals surface area contributed by atoms with Crippen molar-refractivity contribution >= 4 is 6.09 Å². The molecule has 2 N–H and O–H groups in total. The van der Waals surface area contributed by atoms with Crippen LogP contribution >= 0.6 is 0 Å². The quantitative estimate of drug-likeness (QED) is 0.259. The molecule has 0 spiro atoms. The molecule has 0 heterocycles. The Bertz CT molecular complexity index is 501. The molecule has 0 unspecified atom stereocenters. The van der Waals surface area contributed by atoms with E-state index < -0.39 is 6.09 Å². The molecule has 0 aliphatic carbocycles. The minimum atomic E-state index is -0.737. The van der Waals surface area contributed by atoms with Crippen LogP contribution in [0.1, 0.15) is 115 Å². The normalized spacial score (nSPS) is 10.9. The standard InChI is InChI=1S/C25H43NO2/c1-2-3-4-5-6-7-8-9-10-11-12-13-14-15-16-17-20-23-21-18-19-22-24(23)28-25(26)27/h18-19,21-22H,2-17,20H2,1H3,(H2,26,27). The van der Waals surface area contributed by atoms with E-state index in [0.29, 0.717) is 5.75 Å². The lowest BCUT2D eigenvalue weighted by Crippen LogP contribution is -2.17. The highest BCUT2D eigenvalue weighted by molar-refractivity contribution is 5.68. The van der Waals surface area contributed by atoms with Gasteiger partial charge in [0.25, 0.3) is 0 Å². The van der Waals surface area contributed by atoms with E-state index in [0.717, 1.165) is 18.4 Å². The minimum absolute atomic E-state index is 0.607. The smallest absolute Gasteiger partial charge is 0.409 e. The molecule has 0 bridgehead atoms. The molecule has 0 saturated carbocycles. The van der Waals surface area contributed by atoms with E-state index in [1.165, 1.54) is 96.3 Å². The number of carbonyl (C=O) groups is 1. The highest BCUT2D eigenvalue weighted by atomic mass is 16.5. The number of nitrogens with two attached hydrogens (primary N) is 1. The number of para-hydroxylation sites is 1. The molecule has 0 aromatic heterocycles. The first-order valence-electron chi connectivity index (χ1n) is 11.8. The summed E-state index contributed by atoms with van der Waals surface area (Å²) in [5.74, 6) is 0.607. The Morgan fingerprint density at radius 3 is 1.61 bits per heavy atom. The van der Waals surface area contributed by atoms with Crippen molar-refractivity contribution in [2.45, 2.75) is 116 Å². The van der Waals surface area contributed by atoms with Gasteiger partial charge in [0.05, 0.1) is 0 Å². The van der Waals surface area contributed by atoms with Gasteiger partial charge in [0.15, 0.2) is 0 Å². The highest BCUT2D eigenvalue weighted by Crippen LogP contribution is 2.21. The van der Waals surface area contributed by atoms with Gasteiger partial charge in [-0.05, 0) is 24.5 Å². The van der Waals surface area contributed by atoms with Gasteiger partial charge in [0.2, 0.25) is 0 Å². The third-order valence-corrected chi connectivity index (χ3v) is 5.48. The van der Waals surface area contributed by atoms with Gasteiger partial charge in [-0.1, -0.05) is 121 Å². The molecule has 3 heteroatoms. The molecule has 28 heavy (non-hydrogen) atoms. The average molecular weight is 390 g/mol. The first kappa shape index (κ1) is 24.5. The SMILES string of the molecule is CCCCCCCCCCCCCCCCCCc1ccccc1OC(N)=O. The van der Waals surface area contributed by atoms with Crippen LogP contribution in [0.5, 0.6) is 5.75 Å². The Morgan fingerprint density at radius 2 is 1.14 bits per heavy atom. The number of primary amides is 1. The molecule has 1 amide bonds. The number of aryl methyl sites for hydroxylation is 1. The second-order valence-electron chi connectivity index (χ2n) is 8.08. The first-order chi connectivity index (χ1) is 13.7. The van der Waals surface area contributed by atoms with Crippen molar-refractivity contribution in [2.75, 3.05) is 0 Å². The van der Waals surface area contributed by atoms with Gasteiger partial charge in [0.1, 0.15) is 5.75 Å². The third kappa shape index (κ3) is 13.6. The average Bonchev–Trinajstić information content (AvgIpc) is 2.68. The number of hydrogen-bond donors (Lipinski definition) is 1. The van der Waals surface area contributed by atoms with Crippen LogP contribution in [-0.2, 0) is 6.42 Å². The van der Waals surface area contributed by atoms with E-state index in [4.69, 9.17) is 10.5 Å². The molecular weight excluding hydrogens is 346 g/mol. The zero-order valence-corrected chi connectivity index (χ0v) is 18.2. The van der Waals surface area contributed by atoms with Gasteiger partial charge in [-0.3, -0.25) is 0 Å². The van der Waals surface area contributed by atoms with Crippen molar-refractivity contribution in [1.29, 1.82) is 0 Å². The number of hydrogen-bond acceptors (Lipinski definition) is 2. The van der Waals surface area contributed by atoms with Gasteiger partial charge in [-0.2, -0.15) is 0 Å². The number of ether oxygens (including phenoxy) is 1. The topological polar surface area (TPSA) is 52.3 Å². The molecule has 0 aliphatic rings. The van der Waals surface area contributed by atoms with Gasteiger partial charge in [-0.15, -0.1) is 0 Å². The predicted octanol–water partition coefficient (Wildman–Crippen LogP) is 7.95. The summed E-state index contributed by atoms with van der Waals surface area (Å²) in [6.07, 6.45) is 22.2. The summed E-state index contributed by atoms with van der Waals surface area (Å²) in [5, 5.41) is 0. The van der Waals surface area contributed by atoms with E-state index in [-0.39, 0.29) is 0 Å². The highest BCUT2D eigenvalue weighted by Gasteiger charge is 2.05. The Morgan fingerprint density at radius 1 is 0.714 bits per heavy atom. The van der Waals surface area contributed by atoms with E-state index in [9.17, 15) is 4.79 Å². The van der Waals surface area contributed by atoms with Crippen LogP contribution in [0.2, 0.25) is 0 Å². The lowest BCUT2D eigenvalue weighted by Gasteiger charge is -2.08. The van der Waals surface area contributed by atoms with Crippen molar-refractivity contribution in [1.82, 2.24) is 0 Å². The van der Waals surface area contributed by atoms with Gasteiger partial charge in [-0.25, -0.2) is 4.79 Å². The fourth-order valence-electron chi connectivity index (χ4n) is 3.78. The molecular formula is C25H43NO2. The Kier molecular flexibility index (Phi) is 15.4. The largest absolute Gasteiger partial charge is 0.410 e. The van der Waals surface area contributed by atoms with Gasteiger partial charge < -0.3 is 10.5 Å².